The highest BCUT2D eigenvalue weighted by atomic mass is 35.5. The molecule has 1 aromatic carbocycles. The van der Waals surface area contributed by atoms with Gasteiger partial charge in [0.25, 0.3) is 0 Å². The van der Waals surface area contributed by atoms with Crippen molar-refractivity contribution in [2.45, 2.75) is 13.8 Å². The Bertz CT molecular complexity index is 433. The Morgan fingerprint density at radius 2 is 1.89 bits per heavy atom. The number of hydrogen-bond donors (Lipinski definition) is 1. The molecule has 0 bridgehead atoms. The highest BCUT2D eigenvalue weighted by Crippen LogP contribution is 2.14. The lowest BCUT2D eigenvalue weighted by Crippen LogP contribution is -2.28. The fourth-order valence-corrected chi connectivity index (χ4v) is 2.76. The van der Waals surface area contributed by atoms with E-state index in [1.54, 1.807) is 24.3 Å². The molecular weight excluding hydrogens is 300 g/mol. The molecule has 0 saturated carbocycles. The van der Waals surface area contributed by atoms with Crippen molar-refractivity contribution >= 4 is 51.5 Å². The summed E-state index contributed by atoms with van der Waals surface area (Å²) >= 11 is 12.4. The van der Waals surface area contributed by atoms with Gasteiger partial charge in [0.05, 0.1) is 5.75 Å². The average Bonchev–Trinajstić information content (AvgIpc) is 2.40. The largest absolute Gasteiger partial charge is 0.358 e. The second kappa shape index (κ2) is 8.40. The highest BCUT2D eigenvalue weighted by Gasteiger charge is 2.09. The van der Waals surface area contributed by atoms with Crippen LogP contribution in [0.25, 0.3) is 0 Å². The summed E-state index contributed by atoms with van der Waals surface area (Å²) in [6.45, 7) is 5.82. The summed E-state index contributed by atoms with van der Waals surface area (Å²) in [7, 11) is 0. The molecule has 0 unspecified atom stereocenters. The number of halogens is 1. The topological polar surface area (TPSA) is 32.3 Å². The summed E-state index contributed by atoms with van der Waals surface area (Å²) in [4.78, 5) is 13.8. The molecule has 3 nitrogen and oxygen atoms in total. The molecule has 0 atom stereocenters. The molecule has 0 fully saturated rings. The summed E-state index contributed by atoms with van der Waals surface area (Å²) < 4.78 is 0.760. The fourth-order valence-electron chi connectivity index (χ4n) is 1.43. The first-order valence-electron chi connectivity index (χ1n) is 6.04. The molecule has 1 amide bonds. The van der Waals surface area contributed by atoms with Crippen molar-refractivity contribution in [3.05, 3.63) is 29.3 Å². The van der Waals surface area contributed by atoms with Crippen LogP contribution in [-0.2, 0) is 4.79 Å². The zero-order valence-corrected chi connectivity index (χ0v) is 13.4. The number of nitrogens with one attached hydrogen (secondary N) is 1. The Hall–Kier alpha value is -0.780. The van der Waals surface area contributed by atoms with E-state index in [0.29, 0.717) is 10.8 Å². The van der Waals surface area contributed by atoms with Crippen LogP contribution in [0.3, 0.4) is 0 Å². The van der Waals surface area contributed by atoms with Crippen molar-refractivity contribution < 1.29 is 4.79 Å². The third-order valence-corrected chi connectivity index (χ3v) is 4.25. The van der Waals surface area contributed by atoms with Crippen LogP contribution in [0.15, 0.2) is 24.3 Å². The molecule has 104 valence electrons. The van der Waals surface area contributed by atoms with Crippen molar-refractivity contribution in [2.75, 3.05) is 24.2 Å². The van der Waals surface area contributed by atoms with Gasteiger partial charge in [-0.15, -0.1) is 0 Å². The SMILES string of the molecule is CCN(CC)C(=S)SCC(=O)Nc1ccc(Cl)cc1. The summed E-state index contributed by atoms with van der Waals surface area (Å²) in [5, 5.41) is 3.45. The van der Waals surface area contributed by atoms with Gasteiger partial charge in [0.15, 0.2) is 0 Å². The molecule has 1 N–H and O–H groups in total. The molecule has 1 aromatic rings. The Morgan fingerprint density at radius 3 is 2.42 bits per heavy atom. The first-order chi connectivity index (χ1) is 9.06. The van der Waals surface area contributed by atoms with Crippen LogP contribution < -0.4 is 5.32 Å². The van der Waals surface area contributed by atoms with Crippen LogP contribution in [0.4, 0.5) is 5.69 Å². The Balaban J connectivity index is 2.39. The van der Waals surface area contributed by atoms with Gasteiger partial charge >= 0.3 is 0 Å². The standard InChI is InChI=1S/C13H17ClN2OS2/c1-3-16(4-2)13(18)19-9-12(17)15-11-7-5-10(14)6-8-11/h5-8H,3-4,9H2,1-2H3,(H,15,17). The van der Waals surface area contributed by atoms with Crippen LogP contribution in [0.5, 0.6) is 0 Å². The van der Waals surface area contributed by atoms with E-state index in [9.17, 15) is 4.79 Å². The summed E-state index contributed by atoms with van der Waals surface area (Å²) in [5.74, 6) is 0.250. The van der Waals surface area contributed by atoms with Crippen molar-refractivity contribution in [2.24, 2.45) is 0 Å². The molecule has 1 rings (SSSR count). The van der Waals surface area contributed by atoms with E-state index in [1.165, 1.54) is 11.8 Å². The number of rotatable bonds is 5. The number of thioether (sulfide) groups is 1. The van der Waals surface area contributed by atoms with E-state index in [-0.39, 0.29) is 5.91 Å². The van der Waals surface area contributed by atoms with E-state index < -0.39 is 0 Å². The monoisotopic (exact) mass is 316 g/mol. The normalized spacial score (nSPS) is 10.1. The molecule has 0 aliphatic carbocycles. The van der Waals surface area contributed by atoms with Crippen LogP contribution in [0, 0.1) is 0 Å². The van der Waals surface area contributed by atoms with Gasteiger partial charge in [-0.1, -0.05) is 35.6 Å². The maximum Gasteiger partial charge on any atom is 0.234 e. The van der Waals surface area contributed by atoms with Crippen LogP contribution in [0.1, 0.15) is 13.8 Å². The van der Waals surface area contributed by atoms with Gasteiger partial charge in [-0.05, 0) is 38.1 Å². The van der Waals surface area contributed by atoms with Gasteiger partial charge in [-0.2, -0.15) is 0 Å². The van der Waals surface area contributed by atoms with Crippen LogP contribution in [0.2, 0.25) is 5.02 Å². The number of carbonyl (C=O) groups excluding carboxylic acids is 1. The maximum absolute atomic E-state index is 11.8. The minimum absolute atomic E-state index is 0.0678. The third-order valence-electron chi connectivity index (χ3n) is 2.48. The number of anilines is 1. The number of thiocarbonyl (C=S) groups is 1. The highest BCUT2D eigenvalue weighted by molar-refractivity contribution is 8.23. The van der Waals surface area contributed by atoms with E-state index in [0.717, 1.165) is 23.1 Å². The predicted molar refractivity (Wildman–Crippen MR) is 88.1 cm³/mol. The van der Waals surface area contributed by atoms with Gasteiger partial charge < -0.3 is 10.2 Å². The quantitative estimate of drug-likeness (QED) is 0.841. The number of hydrogen-bond acceptors (Lipinski definition) is 3. The summed E-state index contributed by atoms with van der Waals surface area (Å²) in [6.07, 6.45) is 0. The van der Waals surface area contributed by atoms with Gasteiger partial charge in [-0.3, -0.25) is 4.79 Å². The number of amides is 1. The van der Waals surface area contributed by atoms with Gasteiger partial charge in [-0.25, -0.2) is 0 Å². The maximum atomic E-state index is 11.8. The molecule has 6 heteroatoms. The van der Waals surface area contributed by atoms with E-state index in [1.807, 2.05) is 13.8 Å². The smallest absolute Gasteiger partial charge is 0.234 e. The number of nitrogens with zero attached hydrogens (tertiary/aromatic N) is 1. The second-order valence-electron chi connectivity index (χ2n) is 3.78. The summed E-state index contributed by atoms with van der Waals surface area (Å²) in [6, 6.07) is 7.02. The molecule has 0 radical (unpaired) electrons. The lowest BCUT2D eigenvalue weighted by Gasteiger charge is -2.20. The zero-order chi connectivity index (χ0) is 14.3. The second-order valence-corrected chi connectivity index (χ2v) is 5.83. The first kappa shape index (κ1) is 16.3. The number of benzene rings is 1. The van der Waals surface area contributed by atoms with E-state index >= 15 is 0 Å². The molecule has 0 spiro atoms. The average molecular weight is 317 g/mol. The lowest BCUT2D eigenvalue weighted by molar-refractivity contribution is -0.113. The molecule has 0 heterocycles. The molecular formula is C13H17ClN2OS2. The van der Waals surface area contributed by atoms with Gasteiger partial charge in [0.2, 0.25) is 5.91 Å². The van der Waals surface area contributed by atoms with Gasteiger partial charge in [0.1, 0.15) is 4.32 Å². The van der Waals surface area contributed by atoms with E-state index in [2.05, 4.69) is 10.2 Å². The molecule has 0 aromatic heterocycles. The molecule has 0 saturated heterocycles. The van der Waals surface area contributed by atoms with Crippen molar-refractivity contribution in [1.82, 2.24) is 4.90 Å². The minimum atomic E-state index is -0.0678. The fraction of sp³-hybridized carbons (Fsp3) is 0.385. The Kier molecular flexibility index (Phi) is 7.20. The summed E-state index contributed by atoms with van der Waals surface area (Å²) in [5.41, 5.74) is 0.740. The zero-order valence-electron chi connectivity index (χ0n) is 11.0. The Labute approximate surface area is 128 Å². The molecule has 0 aliphatic heterocycles. The van der Waals surface area contributed by atoms with Crippen molar-refractivity contribution in [1.29, 1.82) is 0 Å². The molecule has 19 heavy (non-hydrogen) atoms. The van der Waals surface area contributed by atoms with Gasteiger partial charge in [0, 0.05) is 23.8 Å². The van der Waals surface area contributed by atoms with Crippen LogP contribution in [-0.4, -0.2) is 34.0 Å². The minimum Gasteiger partial charge on any atom is -0.358 e. The van der Waals surface area contributed by atoms with Crippen molar-refractivity contribution in [3.63, 3.8) is 0 Å². The van der Waals surface area contributed by atoms with E-state index in [4.69, 9.17) is 23.8 Å². The number of carbonyl (C=O) groups is 1. The predicted octanol–water partition coefficient (Wildman–Crippen LogP) is 3.64. The lowest BCUT2D eigenvalue weighted by atomic mass is 10.3. The van der Waals surface area contributed by atoms with Crippen LogP contribution >= 0.6 is 35.6 Å². The van der Waals surface area contributed by atoms with Crippen molar-refractivity contribution in [3.8, 4) is 0 Å². The third kappa shape index (κ3) is 5.80. The first-order valence-corrected chi connectivity index (χ1v) is 7.81. The Morgan fingerprint density at radius 1 is 1.32 bits per heavy atom. The molecule has 0 aliphatic rings.